The number of aliphatic hydroxyl groups is 1. The Labute approximate surface area is 109 Å². The van der Waals surface area contributed by atoms with Gasteiger partial charge in [0, 0.05) is 6.92 Å². The molecule has 1 aromatic carbocycles. The minimum Gasteiger partial charge on any atom is -0.388 e. The fraction of sp³-hybridized carbons (Fsp3) is 0.462. The van der Waals surface area contributed by atoms with Crippen LogP contribution in [0.5, 0.6) is 0 Å². The smallest absolute Gasteiger partial charge is 0.388 e. The van der Waals surface area contributed by atoms with E-state index in [1.54, 1.807) is 0 Å². The Morgan fingerprint density at radius 1 is 1.21 bits per heavy atom. The Kier molecular flexibility index (Phi) is 4.25. The van der Waals surface area contributed by atoms with Gasteiger partial charge in [-0.2, -0.15) is 13.2 Å². The number of carbonyl (C=O) groups excluding carboxylic acids is 1. The maximum atomic E-state index is 12.4. The zero-order valence-corrected chi connectivity index (χ0v) is 10.9. The highest BCUT2D eigenvalue weighted by Crippen LogP contribution is 2.31. The van der Waals surface area contributed by atoms with Crippen molar-refractivity contribution in [2.45, 2.75) is 38.6 Å². The first kappa shape index (κ1) is 15.5. The second kappa shape index (κ2) is 5.21. The van der Waals surface area contributed by atoms with Crippen molar-refractivity contribution in [3.05, 3.63) is 35.4 Å². The first-order valence-corrected chi connectivity index (χ1v) is 5.68. The van der Waals surface area contributed by atoms with E-state index < -0.39 is 23.4 Å². The Bertz CT molecular complexity index is 446. The molecule has 106 valence electrons. The van der Waals surface area contributed by atoms with Gasteiger partial charge in [-0.25, -0.2) is 0 Å². The summed E-state index contributed by atoms with van der Waals surface area (Å²) in [4.78, 5) is 11.1. The third-order valence-corrected chi connectivity index (χ3v) is 2.63. The van der Waals surface area contributed by atoms with Gasteiger partial charge >= 0.3 is 6.18 Å². The van der Waals surface area contributed by atoms with Gasteiger partial charge in [0.1, 0.15) is 0 Å². The lowest BCUT2D eigenvalue weighted by Gasteiger charge is -2.30. The van der Waals surface area contributed by atoms with Crippen LogP contribution in [0.4, 0.5) is 13.2 Å². The van der Waals surface area contributed by atoms with Crippen LogP contribution in [0.3, 0.4) is 0 Å². The van der Waals surface area contributed by atoms with Crippen molar-refractivity contribution in [1.82, 2.24) is 5.32 Å². The monoisotopic (exact) mass is 275 g/mol. The second-order valence-electron chi connectivity index (χ2n) is 4.91. The van der Waals surface area contributed by atoms with E-state index in [1.807, 2.05) is 0 Å². The Hall–Kier alpha value is -1.56. The van der Waals surface area contributed by atoms with Crippen molar-refractivity contribution in [1.29, 1.82) is 0 Å². The summed E-state index contributed by atoms with van der Waals surface area (Å²) < 4.78 is 37.3. The number of benzene rings is 1. The molecule has 0 saturated heterocycles. The number of rotatable bonds is 3. The molecule has 0 aliphatic heterocycles. The zero-order valence-electron chi connectivity index (χ0n) is 10.9. The quantitative estimate of drug-likeness (QED) is 0.891. The zero-order chi connectivity index (χ0) is 14.8. The van der Waals surface area contributed by atoms with Crippen LogP contribution in [0, 0.1) is 0 Å². The summed E-state index contributed by atoms with van der Waals surface area (Å²) in [6.07, 6.45) is -4.41. The van der Waals surface area contributed by atoms with E-state index >= 15 is 0 Å². The number of alkyl halides is 3. The lowest BCUT2D eigenvalue weighted by atomic mass is 9.91. The Morgan fingerprint density at radius 3 is 2.00 bits per heavy atom. The maximum absolute atomic E-state index is 12.4. The van der Waals surface area contributed by atoms with Crippen molar-refractivity contribution in [3.8, 4) is 0 Å². The van der Waals surface area contributed by atoms with E-state index in [0.717, 1.165) is 12.1 Å². The summed E-state index contributed by atoms with van der Waals surface area (Å²) >= 11 is 0. The van der Waals surface area contributed by atoms with Crippen LogP contribution >= 0.6 is 0 Å². The van der Waals surface area contributed by atoms with Crippen molar-refractivity contribution < 1.29 is 23.1 Å². The number of amides is 1. The Morgan fingerprint density at radius 2 is 1.68 bits per heavy atom. The summed E-state index contributed by atoms with van der Waals surface area (Å²) in [5, 5.41) is 12.5. The first-order chi connectivity index (χ1) is 8.51. The van der Waals surface area contributed by atoms with E-state index in [2.05, 4.69) is 5.32 Å². The number of hydrogen-bond acceptors (Lipinski definition) is 2. The van der Waals surface area contributed by atoms with Crippen LogP contribution in [0.2, 0.25) is 0 Å². The van der Waals surface area contributed by atoms with Crippen LogP contribution in [0.15, 0.2) is 24.3 Å². The molecule has 1 amide bonds. The molecule has 0 spiro atoms. The molecule has 1 rings (SSSR count). The molecule has 0 aromatic heterocycles. The molecular formula is C13H16F3NO2. The number of hydrogen-bond donors (Lipinski definition) is 2. The van der Waals surface area contributed by atoms with Crippen molar-refractivity contribution in [2.24, 2.45) is 0 Å². The molecule has 0 bridgehead atoms. The largest absolute Gasteiger partial charge is 0.416 e. The number of halogens is 3. The van der Waals surface area contributed by atoms with Gasteiger partial charge in [0.2, 0.25) is 5.91 Å². The minimum atomic E-state index is -4.41. The molecule has 1 atom stereocenters. The van der Waals surface area contributed by atoms with Gasteiger partial charge in [-0.1, -0.05) is 12.1 Å². The normalized spacial score (nSPS) is 14.1. The lowest BCUT2D eigenvalue weighted by molar-refractivity contribution is -0.137. The third kappa shape index (κ3) is 4.24. The van der Waals surface area contributed by atoms with Crippen LogP contribution in [-0.2, 0) is 11.0 Å². The van der Waals surface area contributed by atoms with E-state index in [1.165, 1.54) is 32.9 Å². The summed E-state index contributed by atoms with van der Waals surface area (Å²) in [6, 6.07) is 3.58. The molecule has 2 N–H and O–H groups in total. The maximum Gasteiger partial charge on any atom is 0.416 e. The first-order valence-electron chi connectivity index (χ1n) is 5.68. The van der Waals surface area contributed by atoms with Gasteiger partial charge in [-0.3, -0.25) is 4.79 Å². The molecule has 0 fully saturated rings. The van der Waals surface area contributed by atoms with Crippen molar-refractivity contribution >= 4 is 5.91 Å². The molecule has 0 unspecified atom stereocenters. The van der Waals surface area contributed by atoms with Gasteiger partial charge in [0.05, 0.1) is 17.2 Å². The predicted molar refractivity (Wildman–Crippen MR) is 64.3 cm³/mol. The minimum absolute atomic E-state index is 0.368. The molecule has 1 aromatic rings. The molecule has 6 heteroatoms. The average Bonchev–Trinajstić information content (AvgIpc) is 2.23. The molecule has 0 saturated carbocycles. The van der Waals surface area contributed by atoms with Crippen molar-refractivity contribution in [2.75, 3.05) is 0 Å². The molecule has 0 radical (unpaired) electrons. The van der Waals surface area contributed by atoms with Crippen LogP contribution < -0.4 is 5.32 Å². The van der Waals surface area contributed by atoms with Crippen LogP contribution in [0.1, 0.15) is 37.9 Å². The van der Waals surface area contributed by atoms with Gasteiger partial charge in [0.25, 0.3) is 0 Å². The lowest BCUT2D eigenvalue weighted by Crippen LogP contribution is -2.41. The standard InChI is InChI=1S/C13H16F3NO2/c1-8(18)17-11(12(2,3)19)9-4-6-10(7-5-9)13(14,15)16/h4-7,11,19H,1-3H3,(H,17,18)/t11-/m0/s1. The fourth-order valence-electron chi connectivity index (χ4n) is 1.74. The molecule has 3 nitrogen and oxygen atoms in total. The van der Waals surface area contributed by atoms with E-state index in [4.69, 9.17) is 0 Å². The van der Waals surface area contributed by atoms with Gasteiger partial charge in [-0.05, 0) is 31.5 Å². The predicted octanol–water partition coefficient (Wildman–Crippen LogP) is 2.65. The van der Waals surface area contributed by atoms with E-state index in [9.17, 15) is 23.1 Å². The van der Waals surface area contributed by atoms with Crippen molar-refractivity contribution in [3.63, 3.8) is 0 Å². The molecule has 0 heterocycles. The summed E-state index contributed by atoms with van der Waals surface area (Å²) in [5.41, 5.74) is -1.64. The van der Waals surface area contributed by atoms with Gasteiger partial charge < -0.3 is 10.4 Å². The van der Waals surface area contributed by atoms with Gasteiger partial charge in [-0.15, -0.1) is 0 Å². The Balaban J connectivity index is 3.08. The molecule has 0 aliphatic rings. The van der Waals surface area contributed by atoms with E-state index in [0.29, 0.717) is 5.56 Å². The highest BCUT2D eigenvalue weighted by Gasteiger charge is 2.32. The molecule has 0 aliphatic carbocycles. The topological polar surface area (TPSA) is 49.3 Å². The third-order valence-electron chi connectivity index (χ3n) is 2.63. The van der Waals surface area contributed by atoms with E-state index in [-0.39, 0.29) is 5.91 Å². The second-order valence-corrected chi connectivity index (χ2v) is 4.91. The summed E-state index contributed by atoms with van der Waals surface area (Å²) in [5.74, 6) is -0.368. The van der Waals surface area contributed by atoms with Crippen LogP contribution in [0.25, 0.3) is 0 Å². The highest BCUT2D eigenvalue weighted by atomic mass is 19.4. The summed E-state index contributed by atoms with van der Waals surface area (Å²) in [6.45, 7) is 4.24. The summed E-state index contributed by atoms with van der Waals surface area (Å²) in [7, 11) is 0. The fourth-order valence-corrected chi connectivity index (χ4v) is 1.74. The molecule has 19 heavy (non-hydrogen) atoms. The number of carbonyl (C=O) groups is 1. The average molecular weight is 275 g/mol. The number of nitrogens with one attached hydrogen (secondary N) is 1. The van der Waals surface area contributed by atoms with Gasteiger partial charge in [0.15, 0.2) is 0 Å². The highest BCUT2D eigenvalue weighted by molar-refractivity contribution is 5.73. The van der Waals surface area contributed by atoms with Crippen LogP contribution in [-0.4, -0.2) is 16.6 Å². The molecular weight excluding hydrogens is 259 g/mol. The SMILES string of the molecule is CC(=O)N[C@@H](c1ccc(C(F)(F)F)cc1)C(C)(C)O.